The fourth-order valence-electron chi connectivity index (χ4n) is 2.37. The quantitative estimate of drug-likeness (QED) is 0.814. The molecule has 0 fully saturated rings. The van der Waals surface area contributed by atoms with Crippen LogP contribution in [0.2, 0.25) is 0 Å². The van der Waals surface area contributed by atoms with Gasteiger partial charge in [0, 0.05) is 6.42 Å². The third-order valence-electron chi connectivity index (χ3n) is 3.57. The number of halogens is 1. The molecule has 0 saturated heterocycles. The first-order valence-corrected chi connectivity index (χ1v) is 7.44. The molecule has 4 nitrogen and oxygen atoms in total. The van der Waals surface area contributed by atoms with E-state index in [0.717, 1.165) is 11.1 Å². The van der Waals surface area contributed by atoms with Crippen molar-refractivity contribution in [1.82, 2.24) is 0 Å². The summed E-state index contributed by atoms with van der Waals surface area (Å²) in [5.74, 6) is 1.31. The second-order valence-corrected chi connectivity index (χ2v) is 5.13. The minimum absolute atomic E-state index is 0. The molecule has 3 N–H and O–H groups in total. The lowest BCUT2D eigenvalue weighted by Gasteiger charge is -2.20. The molecule has 2 atom stereocenters. The van der Waals surface area contributed by atoms with E-state index in [2.05, 4.69) is 0 Å². The van der Waals surface area contributed by atoms with Crippen LogP contribution in [0, 0.1) is 0 Å². The van der Waals surface area contributed by atoms with Gasteiger partial charge in [-0.3, -0.25) is 0 Å². The van der Waals surface area contributed by atoms with Crippen LogP contribution in [-0.2, 0) is 6.42 Å². The Morgan fingerprint density at radius 2 is 1.78 bits per heavy atom. The molecule has 2 aromatic carbocycles. The van der Waals surface area contributed by atoms with Crippen LogP contribution in [0.15, 0.2) is 48.5 Å². The Morgan fingerprint density at radius 3 is 2.39 bits per heavy atom. The molecule has 0 bridgehead atoms. The fourth-order valence-corrected chi connectivity index (χ4v) is 2.37. The second-order valence-electron chi connectivity index (χ2n) is 5.13. The van der Waals surface area contributed by atoms with E-state index in [4.69, 9.17) is 15.2 Å². The van der Waals surface area contributed by atoms with Gasteiger partial charge in [0.2, 0.25) is 0 Å². The maximum atomic E-state index is 10.4. The van der Waals surface area contributed by atoms with Gasteiger partial charge in [-0.05, 0) is 30.2 Å². The summed E-state index contributed by atoms with van der Waals surface area (Å²) in [4.78, 5) is 0. The van der Waals surface area contributed by atoms with Crippen LogP contribution in [0.5, 0.6) is 11.5 Å². The van der Waals surface area contributed by atoms with Crippen molar-refractivity contribution in [3.63, 3.8) is 0 Å². The molecule has 0 aliphatic heterocycles. The number of ether oxygens (including phenoxy) is 2. The lowest BCUT2D eigenvalue weighted by atomic mass is 9.96. The van der Waals surface area contributed by atoms with Crippen LogP contribution < -0.4 is 15.2 Å². The summed E-state index contributed by atoms with van der Waals surface area (Å²) in [6, 6.07) is 14.9. The number of methoxy groups -OCH3 is 1. The SMILES string of the molecule is CCOc1cc([C@H](N)[C@H](O)Cc2ccccc2)ccc1OC.Cl. The van der Waals surface area contributed by atoms with Crippen LogP contribution in [0.3, 0.4) is 0 Å². The highest BCUT2D eigenvalue weighted by Crippen LogP contribution is 2.31. The van der Waals surface area contributed by atoms with Crippen LogP contribution >= 0.6 is 12.4 Å². The number of hydrogen-bond acceptors (Lipinski definition) is 4. The lowest BCUT2D eigenvalue weighted by molar-refractivity contribution is 0.145. The predicted molar refractivity (Wildman–Crippen MR) is 94.5 cm³/mol. The third-order valence-corrected chi connectivity index (χ3v) is 3.57. The van der Waals surface area contributed by atoms with E-state index in [1.807, 2.05) is 55.5 Å². The van der Waals surface area contributed by atoms with Gasteiger partial charge in [0.25, 0.3) is 0 Å². The largest absolute Gasteiger partial charge is 0.493 e. The van der Waals surface area contributed by atoms with Gasteiger partial charge in [-0.2, -0.15) is 0 Å². The first kappa shape index (κ1) is 19.3. The van der Waals surface area contributed by atoms with Crippen molar-refractivity contribution in [2.24, 2.45) is 5.73 Å². The molecular weight excluding hydrogens is 314 g/mol. The molecule has 0 spiro atoms. The number of nitrogens with two attached hydrogens (primary N) is 1. The summed E-state index contributed by atoms with van der Waals surface area (Å²) in [7, 11) is 1.60. The van der Waals surface area contributed by atoms with E-state index in [1.165, 1.54) is 0 Å². The van der Waals surface area contributed by atoms with Crippen LogP contribution in [0.25, 0.3) is 0 Å². The number of rotatable bonds is 7. The average molecular weight is 338 g/mol. The van der Waals surface area contributed by atoms with Crippen molar-refractivity contribution in [3.8, 4) is 11.5 Å². The molecule has 2 rings (SSSR count). The van der Waals surface area contributed by atoms with Gasteiger partial charge in [0.1, 0.15) is 0 Å². The van der Waals surface area contributed by atoms with Crippen molar-refractivity contribution in [2.45, 2.75) is 25.5 Å². The molecule has 0 unspecified atom stereocenters. The van der Waals surface area contributed by atoms with E-state index in [0.29, 0.717) is 24.5 Å². The van der Waals surface area contributed by atoms with Crippen molar-refractivity contribution < 1.29 is 14.6 Å². The van der Waals surface area contributed by atoms with Gasteiger partial charge >= 0.3 is 0 Å². The highest BCUT2D eigenvalue weighted by Gasteiger charge is 2.19. The number of benzene rings is 2. The second kappa shape index (κ2) is 9.40. The maximum absolute atomic E-state index is 10.4. The van der Waals surface area contributed by atoms with Gasteiger partial charge in [0.15, 0.2) is 11.5 Å². The molecule has 0 heterocycles. The van der Waals surface area contributed by atoms with Gasteiger partial charge < -0.3 is 20.3 Å². The summed E-state index contributed by atoms with van der Waals surface area (Å²) < 4.78 is 10.8. The lowest BCUT2D eigenvalue weighted by Crippen LogP contribution is -2.28. The molecule has 2 aromatic rings. The molecule has 0 aliphatic carbocycles. The van der Waals surface area contributed by atoms with Crippen LogP contribution in [0.4, 0.5) is 0 Å². The van der Waals surface area contributed by atoms with E-state index in [1.54, 1.807) is 7.11 Å². The van der Waals surface area contributed by atoms with Crippen molar-refractivity contribution in [1.29, 1.82) is 0 Å². The van der Waals surface area contributed by atoms with E-state index >= 15 is 0 Å². The fraction of sp³-hybridized carbons (Fsp3) is 0.333. The van der Waals surface area contributed by atoms with Crippen LogP contribution in [-0.4, -0.2) is 24.9 Å². The van der Waals surface area contributed by atoms with E-state index in [9.17, 15) is 5.11 Å². The summed E-state index contributed by atoms with van der Waals surface area (Å²) in [5.41, 5.74) is 8.08. The summed E-state index contributed by atoms with van der Waals surface area (Å²) in [6.07, 6.45) is -0.150. The average Bonchev–Trinajstić information content (AvgIpc) is 2.55. The molecule has 23 heavy (non-hydrogen) atoms. The smallest absolute Gasteiger partial charge is 0.161 e. The highest BCUT2D eigenvalue weighted by molar-refractivity contribution is 5.85. The molecule has 0 aromatic heterocycles. The molecule has 0 radical (unpaired) electrons. The standard InChI is InChI=1S/C18H23NO3.ClH/c1-3-22-17-12-14(9-10-16(17)21-2)18(19)15(20)11-13-7-5-4-6-8-13;/h4-10,12,15,18,20H,3,11,19H2,1-2H3;1H/t15-,18+;/m1./s1. The van der Waals surface area contributed by atoms with Gasteiger partial charge in [-0.1, -0.05) is 36.4 Å². The zero-order valence-corrected chi connectivity index (χ0v) is 14.3. The third kappa shape index (κ3) is 5.13. The minimum Gasteiger partial charge on any atom is -0.493 e. The van der Waals surface area contributed by atoms with E-state index < -0.39 is 12.1 Å². The highest BCUT2D eigenvalue weighted by atomic mass is 35.5. The van der Waals surface area contributed by atoms with Crippen molar-refractivity contribution in [2.75, 3.05) is 13.7 Å². The Hall–Kier alpha value is -1.75. The zero-order chi connectivity index (χ0) is 15.9. The summed E-state index contributed by atoms with van der Waals surface area (Å²) in [6.45, 7) is 2.46. The van der Waals surface area contributed by atoms with Crippen LogP contribution in [0.1, 0.15) is 24.1 Å². The molecule has 5 heteroatoms. The van der Waals surface area contributed by atoms with Crippen molar-refractivity contribution >= 4 is 12.4 Å². The predicted octanol–water partition coefficient (Wildman–Crippen LogP) is 3.12. The summed E-state index contributed by atoms with van der Waals surface area (Å²) in [5, 5.41) is 10.4. The number of aliphatic hydroxyl groups is 1. The molecular formula is C18H24ClNO3. The maximum Gasteiger partial charge on any atom is 0.161 e. The number of hydrogen-bond donors (Lipinski definition) is 2. The first-order chi connectivity index (χ1) is 10.7. The topological polar surface area (TPSA) is 64.7 Å². The normalized spacial score (nSPS) is 12.9. The van der Waals surface area contributed by atoms with Gasteiger partial charge in [-0.25, -0.2) is 0 Å². The Bertz CT molecular complexity index is 592. The minimum atomic E-state index is -0.662. The summed E-state index contributed by atoms with van der Waals surface area (Å²) >= 11 is 0. The molecule has 0 aliphatic rings. The van der Waals surface area contributed by atoms with E-state index in [-0.39, 0.29) is 12.4 Å². The number of aliphatic hydroxyl groups excluding tert-OH is 1. The van der Waals surface area contributed by atoms with Gasteiger partial charge in [0.05, 0.1) is 25.9 Å². The molecule has 126 valence electrons. The monoisotopic (exact) mass is 337 g/mol. The Balaban J connectivity index is 0.00000264. The Kier molecular flexibility index (Phi) is 7.89. The zero-order valence-electron chi connectivity index (χ0n) is 13.4. The Labute approximate surface area is 143 Å². The first-order valence-electron chi connectivity index (χ1n) is 7.44. The molecule has 0 saturated carbocycles. The Morgan fingerprint density at radius 1 is 1.09 bits per heavy atom. The van der Waals surface area contributed by atoms with Crippen molar-refractivity contribution in [3.05, 3.63) is 59.7 Å². The molecule has 0 amide bonds. The van der Waals surface area contributed by atoms with Gasteiger partial charge in [-0.15, -0.1) is 12.4 Å².